The van der Waals surface area contributed by atoms with Gasteiger partial charge in [-0.25, -0.2) is 0 Å². The predicted octanol–water partition coefficient (Wildman–Crippen LogP) is 2.45. The number of amides is 1. The zero-order valence-corrected chi connectivity index (χ0v) is 9.78. The van der Waals surface area contributed by atoms with Gasteiger partial charge in [0.05, 0.1) is 0 Å². The molecule has 0 radical (unpaired) electrons. The first-order chi connectivity index (χ1) is 6.50. The van der Waals surface area contributed by atoms with Crippen LogP contribution >= 0.6 is 11.3 Å². The second-order valence-corrected chi connectivity index (χ2v) is 5.17. The van der Waals surface area contributed by atoms with Crippen LogP contribution in [-0.4, -0.2) is 12.5 Å². The van der Waals surface area contributed by atoms with E-state index in [2.05, 4.69) is 22.1 Å². The highest BCUT2D eigenvalue weighted by Crippen LogP contribution is 2.12. The van der Waals surface area contributed by atoms with E-state index in [1.54, 1.807) is 11.3 Å². The summed E-state index contributed by atoms with van der Waals surface area (Å²) >= 11 is 1.69. The second-order valence-electron chi connectivity index (χ2n) is 4.39. The summed E-state index contributed by atoms with van der Waals surface area (Å²) in [6.45, 7) is 6.50. The van der Waals surface area contributed by atoms with Crippen LogP contribution < -0.4 is 5.32 Å². The normalized spacial score (nSPS) is 11.4. The second kappa shape index (κ2) is 4.60. The Morgan fingerprint density at radius 1 is 1.50 bits per heavy atom. The maximum atomic E-state index is 11.5. The molecule has 1 heterocycles. The molecule has 0 spiro atoms. The molecule has 0 aliphatic heterocycles. The average Bonchev–Trinajstić information content (AvgIpc) is 2.55. The van der Waals surface area contributed by atoms with E-state index in [4.69, 9.17) is 0 Å². The first kappa shape index (κ1) is 11.2. The smallest absolute Gasteiger partial charge is 0.225 e. The molecule has 0 unspecified atom stereocenters. The molecule has 0 atom stereocenters. The Hall–Kier alpha value is -0.830. The van der Waals surface area contributed by atoms with Gasteiger partial charge >= 0.3 is 0 Å². The van der Waals surface area contributed by atoms with Crippen molar-refractivity contribution < 1.29 is 4.79 Å². The Bertz CT molecular complexity index is 285. The van der Waals surface area contributed by atoms with Crippen LogP contribution in [0.3, 0.4) is 0 Å². The van der Waals surface area contributed by atoms with E-state index >= 15 is 0 Å². The van der Waals surface area contributed by atoms with E-state index in [0.717, 1.165) is 13.0 Å². The minimum atomic E-state index is -0.283. The third-order valence-corrected chi connectivity index (χ3v) is 2.69. The van der Waals surface area contributed by atoms with Gasteiger partial charge in [0.25, 0.3) is 0 Å². The van der Waals surface area contributed by atoms with E-state index < -0.39 is 0 Å². The Morgan fingerprint density at radius 2 is 2.21 bits per heavy atom. The first-order valence-electron chi connectivity index (χ1n) is 4.79. The number of hydrogen-bond donors (Lipinski definition) is 1. The summed E-state index contributed by atoms with van der Waals surface area (Å²) in [7, 11) is 0. The lowest BCUT2D eigenvalue weighted by molar-refractivity contribution is -0.128. The standard InChI is InChI=1S/C11H17NOS/c1-11(2,3)10(13)12-6-4-9-5-7-14-8-9/h5,7-8H,4,6H2,1-3H3,(H,12,13). The average molecular weight is 211 g/mol. The van der Waals surface area contributed by atoms with Gasteiger partial charge in [0.2, 0.25) is 5.91 Å². The highest BCUT2D eigenvalue weighted by atomic mass is 32.1. The fourth-order valence-corrected chi connectivity index (χ4v) is 1.72. The van der Waals surface area contributed by atoms with Crippen LogP contribution in [-0.2, 0) is 11.2 Å². The Kier molecular flexibility index (Phi) is 3.69. The van der Waals surface area contributed by atoms with Crippen molar-refractivity contribution in [2.24, 2.45) is 5.41 Å². The quantitative estimate of drug-likeness (QED) is 0.817. The number of thiophene rings is 1. The summed E-state index contributed by atoms with van der Waals surface area (Å²) in [5, 5.41) is 7.10. The Balaban J connectivity index is 2.26. The van der Waals surface area contributed by atoms with Gasteiger partial charge in [0, 0.05) is 12.0 Å². The van der Waals surface area contributed by atoms with Crippen molar-refractivity contribution in [1.82, 2.24) is 5.32 Å². The highest BCUT2D eigenvalue weighted by Gasteiger charge is 2.20. The minimum Gasteiger partial charge on any atom is -0.355 e. The SMILES string of the molecule is CC(C)(C)C(=O)NCCc1ccsc1. The molecule has 2 nitrogen and oxygen atoms in total. The third-order valence-electron chi connectivity index (χ3n) is 1.96. The van der Waals surface area contributed by atoms with E-state index in [9.17, 15) is 4.79 Å². The van der Waals surface area contributed by atoms with Gasteiger partial charge in [0.1, 0.15) is 0 Å². The lowest BCUT2D eigenvalue weighted by atomic mass is 9.96. The molecule has 0 bridgehead atoms. The Morgan fingerprint density at radius 3 is 2.71 bits per heavy atom. The molecule has 78 valence electrons. The van der Waals surface area contributed by atoms with Crippen LogP contribution in [0.25, 0.3) is 0 Å². The molecule has 1 N–H and O–H groups in total. The molecular formula is C11H17NOS. The first-order valence-corrected chi connectivity index (χ1v) is 5.74. The third kappa shape index (κ3) is 3.50. The van der Waals surface area contributed by atoms with Gasteiger partial charge in [-0.1, -0.05) is 20.8 Å². The summed E-state index contributed by atoms with van der Waals surface area (Å²) in [5.41, 5.74) is 1.01. The fourth-order valence-electron chi connectivity index (χ4n) is 1.02. The van der Waals surface area contributed by atoms with Crippen molar-refractivity contribution in [1.29, 1.82) is 0 Å². The zero-order chi connectivity index (χ0) is 10.6. The summed E-state index contributed by atoms with van der Waals surface area (Å²) in [6.07, 6.45) is 0.922. The van der Waals surface area contributed by atoms with Gasteiger partial charge < -0.3 is 5.32 Å². The largest absolute Gasteiger partial charge is 0.355 e. The molecule has 1 aromatic rings. The molecule has 1 amide bonds. The molecule has 1 rings (SSSR count). The number of nitrogens with one attached hydrogen (secondary N) is 1. The monoisotopic (exact) mass is 211 g/mol. The number of rotatable bonds is 3. The van der Waals surface area contributed by atoms with Crippen LogP contribution in [0.4, 0.5) is 0 Å². The topological polar surface area (TPSA) is 29.1 Å². The van der Waals surface area contributed by atoms with E-state index in [-0.39, 0.29) is 11.3 Å². The fraction of sp³-hybridized carbons (Fsp3) is 0.545. The van der Waals surface area contributed by atoms with Crippen molar-refractivity contribution in [3.63, 3.8) is 0 Å². The highest BCUT2D eigenvalue weighted by molar-refractivity contribution is 7.07. The van der Waals surface area contributed by atoms with Gasteiger partial charge in [-0.3, -0.25) is 4.79 Å². The van der Waals surface area contributed by atoms with Gasteiger partial charge in [-0.2, -0.15) is 11.3 Å². The van der Waals surface area contributed by atoms with Gasteiger partial charge in [-0.15, -0.1) is 0 Å². The van der Waals surface area contributed by atoms with Crippen molar-refractivity contribution in [3.8, 4) is 0 Å². The zero-order valence-electron chi connectivity index (χ0n) is 8.96. The summed E-state index contributed by atoms with van der Waals surface area (Å²) in [5.74, 6) is 0.118. The van der Waals surface area contributed by atoms with Crippen LogP contribution in [0.15, 0.2) is 16.8 Å². The van der Waals surface area contributed by atoms with Crippen molar-refractivity contribution in [3.05, 3.63) is 22.4 Å². The maximum Gasteiger partial charge on any atom is 0.225 e. The number of carbonyl (C=O) groups is 1. The molecule has 0 saturated heterocycles. The molecular weight excluding hydrogens is 194 g/mol. The molecule has 1 aromatic heterocycles. The number of hydrogen-bond acceptors (Lipinski definition) is 2. The van der Waals surface area contributed by atoms with Gasteiger partial charge in [0.15, 0.2) is 0 Å². The van der Waals surface area contributed by atoms with Gasteiger partial charge in [-0.05, 0) is 28.8 Å². The van der Waals surface area contributed by atoms with E-state index in [1.807, 2.05) is 20.8 Å². The molecule has 0 saturated carbocycles. The summed E-state index contributed by atoms with van der Waals surface area (Å²) in [4.78, 5) is 11.5. The van der Waals surface area contributed by atoms with Crippen LogP contribution in [0, 0.1) is 5.41 Å². The van der Waals surface area contributed by atoms with E-state index in [1.165, 1.54) is 5.56 Å². The predicted molar refractivity (Wildman–Crippen MR) is 60.5 cm³/mol. The lowest BCUT2D eigenvalue weighted by Gasteiger charge is -2.17. The number of carbonyl (C=O) groups excluding carboxylic acids is 1. The molecule has 3 heteroatoms. The van der Waals surface area contributed by atoms with Crippen LogP contribution in [0.2, 0.25) is 0 Å². The van der Waals surface area contributed by atoms with Crippen molar-refractivity contribution >= 4 is 17.2 Å². The molecule has 14 heavy (non-hydrogen) atoms. The van der Waals surface area contributed by atoms with E-state index in [0.29, 0.717) is 0 Å². The summed E-state index contributed by atoms with van der Waals surface area (Å²) in [6, 6.07) is 2.09. The molecule has 0 aliphatic rings. The molecule has 0 aliphatic carbocycles. The lowest BCUT2D eigenvalue weighted by Crippen LogP contribution is -2.35. The Labute approximate surface area is 89.3 Å². The summed E-state index contributed by atoms with van der Waals surface area (Å²) < 4.78 is 0. The van der Waals surface area contributed by atoms with Crippen LogP contribution in [0.5, 0.6) is 0 Å². The van der Waals surface area contributed by atoms with Crippen molar-refractivity contribution in [2.75, 3.05) is 6.54 Å². The van der Waals surface area contributed by atoms with Crippen LogP contribution in [0.1, 0.15) is 26.3 Å². The molecule has 0 aromatic carbocycles. The maximum absolute atomic E-state index is 11.5. The minimum absolute atomic E-state index is 0.118. The molecule has 0 fully saturated rings. The van der Waals surface area contributed by atoms with Crippen molar-refractivity contribution in [2.45, 2.75) is 27.2 Å².